The molecule has 1 aliphatic heterocycles. The average molecular weight is 163 g/mol. The summed E-state index contributed by atoms with van der Waals surface area (Å²) in [7, 11) is 0. The third kappa shape index (κ3) is 1.20. The van der Waals surface area contributed by atoms with Gasteiger partial charge in [-0.05, 0) is 44.4 Å². The Hall–Kier alpha value is -0.980. The fourth-order valence-electron chi connectivity index (χ4n) is 1.37. The van der Waals surface area contributed by atoms with E-state index in [4.69, 9.17) is 0 Å². The third-order valence-electron chi connectivity index (χ3n) is 2.93. The summed E-state index contributed by atoms with van der Waals surface area (Å²) in [4.78, 5) is 0. The minimum atomic E-state index is -0.0520. The van der Waals surface area contributed by atoms with Gasteiger partial charge in [0, 0.05) is 6.20 Å². The Kier molecular flexibility index (Phi) is 2.14. The van der Waals surface area contributed by atoms with Gasteiger partial charge < -0.3 is 5.32 Å². The molecule has 0 aromatic heterocycles. The lowest BCUT2D eigenvalue weighted by Gasteiger charge is -2.33. The van der Waals surface area contributed by atoms with Crippen LogP contribution >= 0.6 is 0 Å². The van der Waals surface area contributed by atoms with Crippen LogP contribution in [0.15, 0.2) is 35.6 Å². The van der Waals surface area contributed by atoms with Crippen LogP contribution in [0.3, 0.4) is 0 Å². The highest BCUT2D eigenvalue weighted by Crippen LogP contribution is 2.28. The first kappa shape index (κ1) is 9.11. The van der Waals surface area contributed by atoms with Crippen LogP contribution in [-0.2, 0) is 0 Å². The van der Waals surface area contributed by atoms with Gasteiger partial charge in [0.25, 0.3) is 0 Å². The van der Waals surface area contributed by atoms with Crippen LogP contribution in [0.2, 0.25) is 0 Å². The van der Waals surface area contributed by atoms with Gasteiger partial charge in [-0.15, -0.1) is 6.58 Å². The van der Waals surface area contributed by atoms with Gasteiger partial charge in [-0.3, -0.25) is 0 Å². The molecule has 0 saturated heterocycles. The van der Waals surface area contributed by atoms with Crippen molar-refractivity contribution >= 4 is 0 Å². The molecular formula is C11H17N. The van der Waals surface area contributed by atoms with Crippen LogP contribution in [0.25, 0.3) is 0 Å². The molecule has 0 aromatic rings. The molecule has 1 nitrogen and oxygen atoms in total. The minimum absolute atomic E-state index is 0.0520. The van der Waals surface area contributed by atoms with Crippen LogP contribution in [0, 0.1) is 0 Å². The van der Waals surface area contributed by atoms with E-state index in [2.05, 4.69) is 45.8 Å². The monoisotopic (exact) mass is 163 g/mol. The highest BCUT2D eigenvalue weighted by Gasteiger charge is 2.25. The molecule has 0 saturated carbocycles. The third-order valence-corrected chi connectivity index (χ3v) is 2.93. The standard InChI is InChI=1S/C11H17N/c1-6-11(5)10(4)9(3)8(2)7-12-11/h6-7,12H,1H2,2-5H3. The molecule has 1 heterocycles. The molecule has 0 amide bonds. The molecule has 1 aliphatic rings. The number of nitrogens with one attached hydrogen (secondary N) is 1. The Morgan fingerprint density at radius 3 is 2.50 bits per heavy atom. The zero-order valence-corrected chi connectivity index (χ0v) is 8.36. The molecule has 1 rings (SSSR count). The predicted octanol–water partition coefficient (Wildman–Crippen LogP) is 2.77. The molecule has 0 fully saturated rings. The lowest BCUT2D eigenvalue weighted by molar-refractivity contribution is 0.564. The molecule has 1 unspecified atom stereocenters. The van der Waals surface area contributed by atoms with Crippen LogP contribution in [0.4, 0.5) is 0 Å². The van der Waals surface area contributed by atoms with Crippen molar-refractivity contribution in [1.82, 2.24) is 5.32 Å². The molecule has 0 aliphatic carbocycles. The Bertz CT molecular complexity index is 271. The summed E-state index contributed by atoms with van der Waals surface area (Å²) in [5.41, 5.74) is 3.99. The zero-order valence-electron chi connectivity index (χ0n) is 8.36. The Labute approximate surface area is 74.9 Å². The zero-order chi connectivity index (χ0) is 9.35. The van der Waals surface area contributed by atoms with E-state index in [0.29, 0.717) is 0 Å². The maximum Gasteiger partial charge on any atom is 0.0736 e. The van der Waals surface area contributed by atoms with E-state index in [0.717, 1.165) is 0 Å². The molecule has 0 bridgehead atoms. The first-order valence-corrected chi connectivity index (χ1v) is 4.27. The summed E-state index contributed by atoms with van der Waals surface area (Å²) in [6.07, 6.45) is 4.01. The van der Waals surface area contributed by atoms with Gasteiger partial charge in [-0.1, -0.05) is 6.08 Å². The van der Waals surface area contributed by atoms with Crippen molar-refractivity contribution in [2.45, 2.75) is 33.2 Å². The number of hydrogen-bond donors (Lipinski definition) is 1. The molecule has 1 N–H and O–H groups in total. The first-order chi connectivity index (χ1) is 5.51. The van der Waals surface area contributed by atoms with Crippen LogP contribution in [-0.4, -0.2) is 5.54 Å². The van der Waals surface area contributed by atoms with Crippen molar-refractivity contribution in [2.24, 2.45) is 0 Å². The van der Waals surface area contributed by atoms with Crippen molar-refractivity contribution in [1.29, 1.82) is 0 Å². The minimum Gasteiger partial charge on any atom is -0.378 e. The molecule has 12 heavy (non-hydrogen) atoms. The summed E-state index contributed by atoms with van der Waals surface area (Å²) in [6.45, 7) is 12.4. The topological polar surface area (TPSA) is 12.0 Å². The van der Waals surface area contributed by atoms with Gasteiger partial charge in [0.05, 0.1) is 5.54 Å². The number of rotatable bonds is 1. The van der Waals surface area contributed by atoms with Gasteiger partial charge in [0.1, 0.15) is 0 Å². The highest BCUT2D eigenvalue weighted by atomic mass is 14.9. The van der Waals surface area contributed by atoms with Gasteiger partial charge in [0.15, 0.2) is 0 Å². The molecular weight excluding hydrogens is 146 g/mol. The normalized spacial score (nSPS) is 29.5. The number of dihydropyridines is 1. The van der Waals surface area contributed by atoms with E-state index in [1.807, 2.05) is 6.08 Å². The lowest BCUT2D eigenvalue weighted by atomic mass is 9.85. The highest BCUT2D eigenvalue weighted by molar-refractivity contribution is 5.42. The van der Waals surface area contributed by atoms with Crippen molar-refractivity contribution in [3.05, 3.63) is 35.6 Å². The van der Waals surface area contributed by atoms with Crippen LogP contribution in [0.5, 0.6) is 0 Å². The Morgan fingerprint density at radius 1 is 1.42 bits per heavy atom. The molecule has 0 radical (unpaired) electrons. The lowest BCUT2D eigenvalue weighted by Crippen LogP contribution is -2.40. The SMILES string of the molecule is C=CC1(C)NC=C(C)C(C)=C1C. The molecule has 0 aromatic carbocycles. The summed E-state index contributed by atoms with van der Waals surface area (Å²) in [5, 5.41) is 3.34. The second-order valence-corrected chi connectivity index (χ2v) is 3.63. The summed E-state index contributed by atoms with van der Waals surface area (Å²) in [5.74, 6) is 0. The van der Waals surface area contributed by atoms with Crippen molar-refractivity contribution in [2.75, 3.05) is 0 Å². The fourth-order valence-corrected chi connectivity index (χ4v) is 1.37. The summed E-state index contributed by atoms with van der Waals surface area (Å²) >= 11 is 0. The quantitative estimate of drug-likeness (QED) is 0.586. The smallest absolute Gasteiger partial charge is 0.0736 e. The molecule has 1 atom stereocenters. The van der Waals surface area contributed by atoms with Gasteiger partial charge in [-0.25, -0.2) is 0 Å². The van der Waals surface area contributed by atoms with Gasteiger partial charge in [0.2, 0.25) is 0 Å². The number of allylic oxidation sites excluding steroid dienone is 2. The van der Waals surface area contributed by atoms with E-state index in [1.54, 1.807) is 0 Å². The average Bonchev–Trinajstić information content (AvgIpc) is 2.09. The Morgan fingerprint density at radius 2 is 2.00 bits per heavy atom. The van der Waals surface area contributed by atoms with Crippen LogP contribution in [0.1, 0.15) is 27.7 Å². The van der Waals surface area contributed by atoms with E-state index in [1.165, 1.54) is 16.7 Å². The van der Waals surface area contributed by atoms with Crippen molar-refractivity contribution in [3.63, 3.8) is 0 Å². The maximum atomic E-state index is 3.84. The molecule has 66 valence electrons. The van der Waals surface area contributed by atoms with E-state index >= 15 is 0 Å². The predicted molar refractivity (Wildman–Crippen MR) is 53.9 cm³/mol. The van der Waals surface area contributed by atoms with E-state index in [-0.39, 0.29) is 5.54 Å². The largest absolute Gasteiger partial charge is 0.378 e. The van der Waals surface area contributed by atoms with Crippen molar-refractivity contribution < 1.29 is 0 Å². The fraction of sp³-hybridized carbons (Fsp3) is 0.455. The van der Waals surface area contributed by atoms with E-state index in [9.17, 15) is 0 Å². The van der Waals surface area contributed by atoms with Gasteiger partial charge >= 0.3 is 0 Å². The number of hydrogen-bond acceptors (Lipinski definition) is 1. The second-order valence-electron chi connectivity index (χ2n) is 3.63. The summed E-state index contributed by atoms with van der Waals surface area (Å²) in [6, 6.07) is 0. The first-order valence-electron chi connectivity index (χ1n) is 4.27. The van der Waals surface area contributed by atoms with Crippen molar-refractivity contribution in [3.8, 4) is 0 Å². The van der Waals surface area contributed by atoms with Gasteiger partial charge in [-0.2, -0.15) is 0 Å². The molecule has 1 heteroatoms. The van der Waals surface area contributed by atoms with Crippen LogP contribution < -0.4 is 5.32 Å². The summed E-state index contributed by atoms with van der Waals surface area (Å²) < 4.78 is 0. The maximum absolute atomic E-state index is 3.84. The Balaban J connectivity index is 3.14. The second kappa shape index (κ2) is 2.81. The molecule has 0 spiro atoms. The van der Waals surface area contributed by atoms with E-state index < -0.39 is 0 Å².